The van der Waals surface area contributed by atoms with Crippen molar-refractivity contribution in [3.63, 3.8) is 0 Å². The maximum absolute atomic E-state index is 6.17. The van der Waals surface area contributed by atoms with Crippen molar-refractivity contribution in [1.82, 2.24) is 35.1 Å². The van der Waals surface area contributed by atoms with Crippen LogP contribution in [0.25, 0.3) is 11.4 Å². The van der Waals surface area contributed by atoms with Crippen LogP contribution in [-0.2, 0) is 5.75 Å². The predicted octanol–water partition coefficient (Wildman–Crippen LogP) is 1.28. The molecule has 0 atom stereocenters. The van der Waals surface area contributed by atoms with Crippen molar-refractivity contribution >= 4 is 11.8 Å². The molecule has 0 saturated heterocycles. The van der Waals surface area contributed by atoms with Crippen molar-refractivity contribution in [2.45, 2.75) is 29.8 Å². The minimum Gasteiger partial charge on any atom is -0.496 e. The van der Waals surface area contributed by atoms with Crippen molar-refractivity contribution in [3.8, 4) is 17.1 Å². The van der Waals surface area contributed by atoms with Gasteiger partial charge in [-0.15, -0.1) is 15.3 Å². The molecule has 4 rings (SSSR count). The third-order valence-electron chi connectivity index (χ3n) is 3.80. The molecule has 2 aromatic heterocycles. The Kier molecular flexibility index (Phi) is 3.81. The highest BCUT2D eigenvalue weighted by Gasteiger charge is 2.28. The second-order valence-corrected chi connectivity index (χ2v) is 6.38. The van der Waals surface area contributed by atoms with E-state index in [1.165, 1.54) is 16.4 Å². The number of nitrogens with zero attached hydrogens (tertiary/aromatic N) is 7. The fourth-order valence-electron chi connectivity index (χ4n) is 2.43. The van der Waals surface area contributed by atoms with Crippen molar-refractivity contribution in [2.75, 3.05) is 13.0 Å². The van der Waals surface area contributed by atoms with E-state index < -0.39 is 0 Å². The second-order valence-electron chi connectivity index (χ2n) is 5.44. The monoisotopic (exact) mass is 344 g/mol. The average Bonchev–Trinajstić information content (AvgIpc) is 3.24. The number of aromatic nitrogens is 7. The molecule has 1 aliphatic rings. The largest absolute Gasteiger partial charge is 0.496 e. The van der Waals surface area contributed by atoms with Crippen molar-refractivity contribution in [2.24, 2.45) is 0 Å². The van der Waals surface area contributed by atoms with Crippen molar-refractivity contribution < 1.29 is 4.74 Å². The Hall–Kier alpha value is -2.62. The van der Waals surface area contributed by atoms with Gasteiger partial charge in [0.2, 0.25) is 5.16 Å². The molecule has 0 spiro atoms. The summed E-state index contributed by atoms with van der Waals surface area (Å²) >= 11 is 1.45. The Morgan fingerprint density at radius 3 is 2.88 bits per heavy atom. The van der Waals surface area contributed by atoms with Gasteiger partial charge in [-0.25, -0.2) is 9.36 Å². The number of hydrogen-bond acceptors (Lipinski definition) is 8. The van der Waals surface area contributed by atoms with Crippen molar-refractivity contribution in [1.29, 1.82) is 0 Å². The minimum absolute atomic E-state index is 0.440. The van der Waals surface area contributed by atoms with Gasteiger partial charge in [-0.05, 0) is 35.4 Å². The summed E-state index contributed by atoms with van der Waals surface area (Å²) in [6, 6.07) is 8.00. The molecule has 1 aromatic carbocycles. The van der Waals surface area contributed by atoms with Crippen LogP contribution in [0.3, 0.4) is 0 Å². The molecule has 0 radical (unpaired) electrons. The fraction of sp³-hybridized carbons (Fsp3) is 0.357. The number of para-hydroxylation sites is 1. The number of tetrazole rings is 1. The summed E-state index contributed by atoms with van der Waals surface area (Å²) in [5.74, 6) is 8.83. The van der Waals surface area contributed by atoms with E-state index in [-0.39, 0.29) is 0 Å². The molecule has 0 amide bonds. The van der Waals surface area contributed by atoms with Gasteiger partial charge < -0.3 is 10.6 Å². The highest BCUT2D eigenvalue weighted by molar-refractivity contribution is 7.98. The first kappa shape index (κ1) is 14.9. The van der Waals surface area contributed by atoms with Gasteiger partial charge in [0.25, 0.3) is 0 Å². The highest BCUT2D eigenvalue weighted by atomic mass is 32.2. The summed E-state index contributed by atoms with van der Waals surface area (Å²) in [5.41, 5.74) is 0.796. The lowest BCUT2D eigenvalue weighted by molar-refractivity contribution is 0.416. The zero-order valence-corrected chi connectivity index (χ0v) is 13.8. The van der Waals surface area contributed by atoms with Crippen LogP contribution >= 0.6 is 11.8 Å². The minimum atomic E-state index is 0.440. The maximum atomic E-state index is 6.17. The normalized spacial score (nSPS) is 14.0. The van der Waals surface area contributed by atoms with Crippen LogP contribution in [0.15, 0.2) is 29.4 Å². The predicted molar refractivity (Wildman–Crippen MR) is 87.8 cm³/mol. The van der Waals surface area contributed by atoms with Crippen LogP contribution < -0.4 is 10.6 Å². The molecule has 1 aliphatic carbocycles. The molecule has 9 nitrogen and oxygen atoms in total. The van der Waals surface area contributed by atoms with E-state index in [4.69, 9.17) is 10.6 Å². The smallest absolute Gasteiger partial charge is 0.210 e. The molecule has 2 N–H and O–H groups in total. The van der Waals surface area contributed by atoms with E-state index in [1.54, 1.807) is 7.11 Å². The number of methoxy groups -OCH3 is 1. The van der Waals surface area contributed by atoms with Crippen LogP contribution in [0, 0.1) is 0 Å². The van der Waals surface area contributed by atoms with Gasteiger partial charge in [-0.2, -0.15) is 0 Å². The van der Waals surface area contributed by atoms with Crippen LogP contribution in [0.5, 0.6) is 5.75 Å². The molecule has 1 fully saturated rings. The first-order valence-electron chi connectivity index (χ1n) is 7.51. The average molecular weight is 344 g/mol. The first-order valence-corrected chi connectivity index (χ1v) is 8.50. The van der Waals surface area contributed by atoms with E-state index in [9.17, 15) is 0 Å². The summed E-state index contributed by atoms with van der Waals surface area (Å²) in [6.45, 7) is 0. The van der Waals surface area contributed by atoms with Gasteiger partial charge in [0.05, 0.1) is 24.5 Å². The second kappa shape index (κ2) is 6.11. The number of rotatable bonds is 6. The molecule has 0 aliphatic heterocycles. The lowest BCUT2D eigenvalue weighted by atomic mass is 10.2. The van der Waals surface area contributed by atoms with Gasteiger partial charge in [-0.1, -0.05) is 23.9 Å². The van der Waals surface area contributed by atoms with Gasteiger partial charge in [0.1, 0.15) is 5.75 Å². The van der Waals surface area contributed by atoms with Gasteiger partial charge in [0.15, 0.2) is 11.6 Å². The summed E-state index contributed by atoms with van der Waals surface area (Å²) in [4.78, 5) is 0. The Morgan fingerprint density at radius 1 is 1.25 bits per heavy atom. The SMILES string of the molecule is COc1ccccc1-c1nnc(SCc2nnnn2C2CC2)n1N. The van der Waals surface area contributed by atoms with Crippen LogP contribution in [0.1, 0.15) is 24.7 Å². The fourth-order valence-corrected chi connectivity index (χ4v) is 3.20. The number of ether oxygens (including phenoxy) is 1. The quantitative estimate of drug-likeness (QED) is 0.526. The lowest BCUT2D eigenvalue weighted by Crippen LogP contribution is -2.12. The zero-order valence-electron chi connectivity index (χ0n) is 13.0. The number of hydrogen-bond donors (Lipinski definition) is 1. The molecule has 0 unspecified atom stereocenters. The Morgan fingerprint density at radius 2 is 2.08 bits per heavy atom. The maximum Gasteiger partial charge on any atom is 0.210 e. The molecule has 124 valence electrons. The summed E-state index contributed by atoms with van der Waals surface area (Å²) in [6.07, 6.45) is 2.27. The molecular weight excluding hydrogens is 328 g/mol. The molecule has 10 heteroatoms. The van der Waals surface area contributed by atoms with Crippen LogP contribution in [-0.4, -0.2) is 42.2 Å². The van der Waals surface area contributed by atoms with E-state index in [2.05, 4.69) is 25.7 Å². The molecule has 0 bridgehead atoms. The molecular formula is C14H16N8OS. The van der Waals surface area contributed by atoms with Crippen molar-refractivity contribution in [3.05, 3.63) is 30.1 Å². The zero-order chi connectivity index (χ0) is 16.5. The summed E-state index contributed by atoms with van der Waals surface area (Å²) in [5, 5.41) is 20.8. The third-order valence-corrected chi connectivity index (χ3v) is 4.74. The number of thioether (sulfide) groups is 1. The van der Waals surface area contributed by atoms with E-state index >= 15 is 0 Å². The molecule has 1 saturated carbocycles. The first-order chi connectivity index (χ1) is 11.8. The Bertz CT molecular complexity index is 856. The number of benzene rings is 1. The van der Waals surface area contributed by atoms with E-state index in [0.29, 0.717) is 28.5 Å². The number of nitrogen functional groups attached to an aromatic ring is 1. The van der Waals surface area contributed by atoms with Crippen LogP contribution in [0.2, 0.25) is 0 Å². The lowest BCUT2D eigenvalue weighted by Gasteiger charge is -2.07. The summed E-state index contributed by atoms with van der Waals surface area (Å²) in [7, 11) is 1.61. The Labute approximate surface area is 142 Å². The third kappa shape index (κ3) is 2.68. The van der Waals surface area contributed by atoms with Gasteiger partial charge in [-0.3, -0.25) is 0 Å². The summed E-state index contributed by atoms with van der Waals surface area (Å²) < 4.78 is 8.70. The van der Waals surface area contributed by atoms with E-state index in [0.717, 1.165) is 24.2 Å². The molecule has 3 aromatic rings. The van der Waals surface area contributed by atoms with Gasteiger partial charge in [0, 0.05) is 0 Å². The molecule has 24 heavy (non-hydrogen) atoms. The van der Waals surface area contributed by atoms with Gasteiger partial charge >= 0.3 is 0 Å². The standard InChI is InChI=1S/C14H16N8OS/c1-23-11-5-3-2-4-10(11)13-17-18-14(21(13)15)24-8-12-16-19-20-22(12)9-6-7-9/h2-5,9H,6-8,15H2,1H3. The molecule has 2 heterocycles. The topological polar surface area (TPSA) is 110 Å². The highest BCUT2D eigenvalue weighted by Crippen LogP contribution is 2.35. The Balaban J connectivity index is 1.55. The van der Waals surface area contributed by atoms with E-state index in [1.807, 2.05) is 28.9 Å². The van der Waals surface area contributed by atoms with Crippen LogP contribution in [0.4, 0.5) is 0 Å². The number of nitrogens with two attached hydrogens (primary N) is 1.